The molecule has 26 heavy (non-hydrogen) atoms. The van der Waals surface area contributed by atoms with Gasteiger partial charge in [0.1, 0.15) is 23.0 Å². The molecule has 0 spiro atoms. The van der Waals surface area contributed by atoms with Crippen LogP contribution in [0.2, 0.25) is 0 Å². The summed E-state index contributed by atoms with van der Waals surface area (Å²) >= 11 is 0. The van der Waals surface area contributed by atoms with E-state index in [1.54, 1.807) is 6.07 Å². The average molecular weight is 358 g/mol. The zero-order valence-electron chi connectivity index (χ0n) is 15.1. The predicted octanol–water partition coefficient (Wildman–Crippen LogP) is 4.77. The summed E-state index contributed by atoms with van der Waals surface area (Å²) in [5.41, 5.74) is 0.0803. The van der Waals surface area contributed by atoms with Crippen LogP contribution in [0, 0.1) is 0 Å². The topological polar surface area (TPSA) is 87.0 Å². The van der Waals surface area contributed by atoms with Crippen LogP contribution in [0.1, 0.15) is 61.4 Å². The van der Waals surface area contributed by atoms with Gasteiger partial charge in [-0.15, -0.1) is 0 Å². The Hall–Kier alpha value is -2.69. The number of carbonyl (C=O) groups is 1. The standard InChI is InChI=1S/C21H26O5/c1-2-3-4-5-6-7-12-26-16-9-11-18(20(24)14-16)21(25)17-10-8-15(22)13-19(17)23/h8-11,13-14,22-24H,2-7,12H2,1H3. The number of phenols is 3. The molecule has 2 aromatic rings. The minimum atomic E-state index is -0.525. The van der Waals surface area contributed by atoms with E-state index in [2.05, 4.69) is 6.92 Å². The number of phenolic OH excluding ortho intramolecular Hbond substituents is 3. The molecule has 0 amide bonds. The summed E-state index contributed by atoms with van der Waals surface area (Å²) in [5, 5.41) is 29.2. The van der Waals surface area contributed by atoms with Crippen molar-refractivity contribution in [1.29, 1.82) is 0 Å². The molecule has 0 radical (unpaired) electrons. The molecule has 0 aliphatic carbocycles. The number of unbranched alkanes of at least 4 members (excludes halogenated alkanes) is 5. The van der Waals surface area contributed by atoms with Gasteiger partial charge in [0.05, 0.1) is 17.7 Å². The molecule has 0 saturated carbocycles. The van der Waals surface area contributed by atoms with Crippen LogP contribution in [-0.4, -0.2) is 27.7 Å². The van der Waals surface area contributed by atoms with E-state index >= 15 is 0 Å². The number of carbonyl (C=O) groups excluding carboxylic acids is 1. The van der Waals surface area contributed by atoms with Crippen molar-refractivity contribution in [3.05, 3.63) is 47.5 Å². The van der Waals surface area contributed by atoms with Gasteiger partial charge in [-0.1, -0.05) is 39.0 Å². The Kier molecular flexibility index (Phi) is 7.33. The number of hydrogen-bond acceptors (Lipinski definition) is 5. The summed E-state index contributed by atoms with van der Waals surface area (Å²) in [6, 6.07) is 8.21. The summed E-state index contributed by atoms with van der Waals surface area (Å²) < 4.78 is 5.62. The van der Waals surface area contributed by atoms with Gasteiger partial charge in [-0.2, -0.15) is 0 Å². The van der Waals surface area contributed by atoms with Gasteiger partial charge in [-0.3, -0.25) is 4.79 Å². The summed E-state index contributed by atoms with van der Waals surface area (Å²) in [6.45, 7) is 2.75. The third kappa shape index (κ3) is 5.41. The zero-order chi connectivity index (χ0) is 18.9. The van der Waals surface area contributed by atoms with Gasteiger partial charge < -0.3 is 20.1 Å². The summed E-state index contributed by atoms with van der Waals surface area (Å²) in [6.07, 6.45) is 7.00. The highest BCUT2D eigenvalue weighted by Gasteiger charge is 2.18. The van der Waals surface area contributed by atoms with Crippen molar-refractivity contribution in [3.63, 3.8) is 0 Å². The van der Waals surface area contributed by atoms with Crippen molar-refractivity contribution in [2.24, 2.45) is 0 Å². The molecule has 2 aromatic carbocycles. The van der Waals surface area contributed by atoms with Gasteiger partial charge in [0.15, 0.2) is 5.78 Å². The number of rotatable bonds is 10. The summed E-state index contributed by atoms with van der Waals surface area (Å²) in [7, 11) is 0. The molecule has 5 heteroatoms. The van der Waals surface area contributed by atoms with Gasteiger partial charge in [-0.05, 0) is 30.7 Å². The highest BCUT2D eigenvalue weighted by atomic mass is 16.5. The lowest BCUT2D eigenvalue weighted by molar-refractivity contribution is 0.103. The Bertz CT molecular complexity index is 739. The van der Waals surface area contributed by atoms with Crippen molar-refractivity contribution in [2.75, 3.05) is 6.61 Å². The highest BCUT2D eigenvalue weighted by Crippen LogP contribution is 2.30. The second-order valence-electron chi connectivity index (χ2n) is 6.33. The van der Waals surface area contributed by atoms with Crippen LogP contribution in [0.5, 0.6) is 23.0 Å². The summed E-state index contributed by atoms with van der Waals surface area (Å²) in [5.74, 6) is -0.701. The summed E-state index contributed by atoms with van der Waals surface area (Å²) in [4.78, 5) is 12.5. The van der Waals surface area contributed by atoms with E-state index in [0.29, 0.717) is 12.4 Å². The fraction of sp³-hybridized carbons (Fsp3) is 0.381. The largest absolute Gasteiger partial charge is 0.508 e. The third-order valence-corrected chi connectivity index (χ3v) is 4.21. The predicted molar refractivity (Wildman–Crippen MR) is 100 cm³/mol. The van der Waals surface area contributed by atoms with E-state index < -0.39 is 5.78 Å². The molecule has 0 fully saturated rings. The second kappa shape index (κ2) is 9.70. The van der Waals surface area contributed by atoms with Crippen molar-refractivity contribution < 1.29 is 24.9 Å². The van der Waals surface area contributed by atoms with Crippen molar-refractivity contribution in [2.45, 2.75) is 45.4 Å². The van der Waals surface area contributed by atoms with Crippen LogP contribution in [0.25, 0.3) is 0 Å². The second-order valence-corrected chi connectivity index (χ2v) is 6.33. The zero-order valence-corrected chi connectivity index (χ0v) is 15.1. The Morgan fingerprint density at radius 2 is 1.46 bits per heavy atom. The van der Waals surface area contributed by atoms with Crippen molar-refractivity contribution in [3.8, 4) is 23.0 Å². The molecule has 140 valence electrons. The first-order valence-electron chi connectivity index (χ1n) is 9.05. The van der Waals surface area contributed by atoms with E-state index in [1.165, 1.54) is 49.9 Å². The molecule has 0 unspecified atom stereocenters. The van der Waals surface area contributed by atoms with E-state index in [-0.39, 0.29) is 28.4 Å². The Morgan fingerprint density at radius 1 is 0.846 bits per heavy atom. The maximum Gasteiger partial charge on any atom is 0.200 e. The maximum atomic E-state index is 12.5. The number of ether oxygens (including phenoxy) is 1. The van der Waals surface area contributed by atoms with E-state index in [0.717, 1.165) is 18.9 Å². The molecule has 5 nitrogen and oxygen atoms in total. The van der Waals surface area contributed by atoms with Crippen LogP contribution in [0.15, 0.2) is 36.4 Å². The smallest absolute Gasteiger partial charge is 0.200 e. The number of benzene rings is 2. The van der Waals surface area contributed by atoms with Gasteiger partial charge in [0.25, 0.3) is 0 Å². The molecular weight excluding hydrogens is 332 g/mol. The molecular formula is C21H26O5. The van der Waals surface area contributed by atoms with E-state index in [1.807, 2.05) is 0 Å². The number of aromatic hydroxyl groups is 3. The minimum Gasteiger partial charge on any atom is -0.508 e. The molecule has 0 aliphatic heterocycles. The molecule has 0 bridgehead atoms. The van der Waals surface area contributed by atoms with Crippen molar-refractivity contribution in [1.82, 2.24) is 0 Å². The van der Waals surface area contributed by atoms with Crippen LogP contribution >= 0.6 is 0 Å². The third-order valence-electron chi connectivity index (χ3n) is 4.21. The molecule has 0 saturated heterocycles. The van der Waals surface area contributed by atoms with Crippen LogP contribution in [0.3, 0.4) is 0 Å². The molecule has 0 atom stereocenters. The van der Waals surface area contributed by atoms with Crippen LogP contribution in [0.4, 0.5) is 0 Å². The van der Waals surface area contributed by atoms with Gasteiger partial charge in [-0.25, -0.2) is 0 Å². The SMILES string of the molecule is CCCCCCCCOc1ccc(C(=O)c2ccc(O)cc2O)c(O)c1. The van der Waals surface area contributed by atoms with Gasteiger partial charge >= 0.3 is 0 Å². The normalized spacial score (nSPS) is 10.7. The Balaban J connectivity index is 1.93. The monoisotopic (exact) mass is 358 g/mol. The molecule has 0 heterocycles. The lowest BCUT2D eigenvalue weighted by atomic mass is 10.0. The average Bonchev–Trinajstić information content (AvgIpc) is 2.60. The number of hydrogen-bond donors (Lipinski definition) is 3. The molecule has 3 N–H and O–H groups in total. The lowest BCUT2D eigenvalue weighted by Gasteiger charge is -2.10. The first-order chi connectivity index (χ1) is 12.5. The fourth-order valence-electron chi connectivity index (χ4n) is 2.72. The molecule has 2 rings (SSSR count). The highest BCUT2D eigenvalue weighted by molar-refractivity contribution is 6.12. The van der Waals surface area contributed by atoms with Crippen LogP contribution in [-0.2, 0) is 0 Å². The van der Waals surface area contributed by atoms with Gasteiger partial charge in [0, 0.05) is 12.1 Å². The fourth-order valence-corrected chi connectivity index (χ4v) is 2.72. The lowest BCUT2D eigenvalue weighted by Crippen LogP contribution is -2.03. The molecule has 0 aromatic heterocycles. The number of ketones is 1. The van der Waals surface area contributed by atoms with E-state index in [9.17, 15) is 20.1 Å². The van der Waals surface area contributed by atoms with Crippen molar-refractivity contribution >= 4 is 5.78 Å². The van der Waals surface area contributed by atoms with E-state index in [4.69, 9.17) is 4.74 Å². The first-order valence-corrected chi connectivity index (χ1v) is 9.05. The Morgan fingerprint density at radius 3 is 2.12 bits per heavy atom. The molecule has 0 aliphatic rings. The quantitative estimate of drug-likeness (QED) is 0.420. The van der Waals surface area contributed by atoms with Crippen LogP contribution < -0.4 is 4.74 Å². The van der Waals surface area contributed by atoms with Gasteiger partial charge in [0.2, 0.25) is 0 Å². The maximum absolute atomic E-state index is 12.5. The first kappa shape index (κ1) is 19.6. The minimum absolute atomic E-state index is 0.0128. The Labute approximate surface area is 153 Å².